The molecule has 21 heavy (non-hydrogen) atoms. The second kappa shape index (κ2) is 7.35. The molecular weight excluding hydrogens is 270 g/mol. The summed E-state index contributed by atoms with van der Waals surface area (Å²) in [6.45, 7) is 5.92. The average molecular weight is 289 g/mol. The molecule has 0 saturated heterocycles. The molecule has 0 atom stereocenters. The Bertz CT molecular complexity index is 572. The third-order valence-electron chi connectivity index (χ3n) is 2.30. The maximum atomic E-state index is 11.9. The lowest BCUT2D eigenvalue weighted by atomic mass is 9.99. The van der Waals surface area contributed by atoms with Gasteiger partial charge in [-0.15, -0.1) is 0 Å². The van der Waals surface area contributed by atoms with Crippen molar-refractivity contribution in [2.45, 2.75) is 20.8 Å². The van der Waals surface area contributed by atoms with Gasteiger partial charge in [-0.2, -0.15) is 5.10 Å². The van der Waals surface area contributed by atoms with Crippen LogP contribution in [0.5, 0.6) is 0 Å². The Morgan fingerprint density at radius 2 is 2.00 bits per heavy atom. The average Bonchev–Trinajstić information content (AvgIpc) is 2.43. The highest BCUT2D eigenvalue weighted by molar-refractivity contribution is 5.95. The first-order valence-corrected chi connectivity index (χ1v) is 6.38. The van der Waals surface area contributed by atoms with Crippen LogP contribution in [-0.4, -0.2) is 23.2 Å². The molecule has 0 saturated carbocycles. The third-order valence-corrected chi connectivity index (χ3v) is 2.30. The van der Waals surface area contributed by atoms with Crippen molar-refractivity contribution in [1.29, 1.82) is 0 Å². The summed E-state index contributed by atoms with van der Waals surface area (Å²) in [4.78, 5) is 22.8. The molecule has 1 aromatic carbocycles. The standard InChI is InChI=1S/C15H19N3O3/c1-15(2,3)10-16-17-14(20)12-6-4-5-11(9-12)7-8-13(19)18-21/h4-10,21H,1-3H3,(H,17,20)(H,18,19)/b8-7+,16-10+. The summed E-state index contributed by atoms with van der Waals surface area (Å²) in [7, 11) is 0. The van der Waals surface area contributed by atoms with E-state index in [1.54, 1.807) is 30.5 Å². The van der Waals surface area contributed by atoms with Crippen LogP contribution in [0.4, 0.5) is 0 Å². The van der Waals surface area contributed by atoms with Crippen molar-refractivity contribution in [2.75, 3.05) is 0 Å². The first-order chi connectivity index (χ1) is 9.81. The number of benzene rings is 1. The van der Waals surface area contributed by atoms with Gasteiger partial charge in [0.25, 0.3) is 11.8 Å². The Hall–Kier alpha value is -2.47. The highest BCUT2D eigenvalue weighted by atomic mass is 16.5. The van der Waals surface area contributed by atoms with E-state index in [0.717, 1.165) is 6.08 Å². The smallest absolute Gasteiger partial charge is 0.271 e. The van der Waals surface area contributed by atoms with Crippen molar-refractivity contribution < 1.29 is 14.8 Å². The summed E-state index contributed by atoms with van der Waals surface area (Å²) >= 11 is 0. The first kappa shape index (κ1) is 16.6. The zero-order chi connectivity index (χ0) is 15.9. The number of rotatable bonds is 4. The Kier molecular flexibility index (Phi) is 5.80. The molecule has 0 bridgehead atoms. The molecule has 0 aliphatic carbocycles. The van der Waals surface area contributed by atoms with Gasteiger partial charge < -0.3 is 0 Å². The summed E-state index contributed by atoms with van der Waals surface area (Å²) in [6, 6.07) is 6.68. The summed E-state index contributed by atoms with van der Waals surface area (Å²) in [6.07, 6.45) is 4.30. The van der Waals surface area contributed by atoms with Gasteiger partial charge in [-0.1, -0.05) is 32.9 Å². The fourth-order valence-electron chi connectivity index (χ4n) is 1.34. The molecule has 112 valence electrons. The van der Waals surface area contributed by atoms with Gasteiger partial charge >= 0.3 is 0 Å². The third kappa shape index (κ3) is 6.49. The van der Waals surface area contributed by atoms with Crippen molar-refractivity contribution in [2.24, 2.45) is 10.5 Å². The van der Waals surface area contributed by atoms with Gasteiger partial charge in [0.2, 0.25) is 0 Å². The molecule has 0 aliphatic rings. The van der Waals surface area contributed by atoms with Gasteiger partial charge in [-0.05, 0) is 29.2 Å². The molecule has 0 aromatic heterocycles. The van der Waals surface area contributed by atoms with Gasteiger partial charge in [0.05, 0.1) is 0 Å². The zero-order valence-electron chi connectivity index (χ0n) is 12.3. The number of carbonyl (C=O) groups excluding carboxylic acids is 2. The topological polar surface area (TPSA) is 90.8 Å². The Morgan fingerprint density at radius 1 is 1.29 bits per heavy atom. The Balaban J connectivity index is 2.76. The number of amides is 2. The fourth-order valence-corrected chi connectivity index (χ4v) is 1.34. The van der Waals surface area contributed by atoms with Crippen molar-refractivity contribution >= 4 is 24.1 Å². The minimum absolute atomic E-state index is 0.116. The van der Waals surface area contributed by atoms with Crippen LogP contribution >= 0.6 is 0 Å². The van der Waals surface area contributed by atoms with Gasteiger partial charge in [0.1, 0.15) is 0 Å². The first-order valence-electron chi connectivity index (χ1n) is 6.38. The van der Waals surface area contributed by atoms with Crippen LogP contribution in [0.1, 0.15) is 36.7 Å². The molecule has 0 spiro atoms. The van der Waals surface area contributed by atoms with Crippen molar-refractivity contribution in [3.8, 4) is 0 Å². The van der Waals surface area contributed by atoms with E-state index in [1.807, 2.05) is 20.8 Å². The molecule has 6 nitrogen and oxygen atoms in total. The number of nitrogens with one attached hydrogen (secondary N) is 2. The van der Waals surface area contributed by atoms with Crippen molar-refractivity contribution in [3.63, 3.8) is 0 Å². The van der Waals surface area contributed by atoms with Gasteiger partial charge in [-0.25, -0.2) is 10.9 Å². The molecule has 0 aliphatic heterocycles. The van der Waals surface area contributed by atoms with E-state index in [4.69, 9.17) is 5.21 Å². The van der Waals surface area contributed by atoms with E-state index in [2.05, 4.69) is 10.5 Å². The molecule has 1 aromatic rings. The molecule has 0 unspecified atom stereocenters. The normalized spacial score (nSPS) is 11.8. The van der Waals surface area contributed by atoms with Crippen LogP contribution in [0.15, 0.2) is 35.4 Å². The van der Waals surface area contributed by atoms with Gasteiger partial charge in [0.15, 0.2) is 0 Å². The summed E-state index contributed by atoms with van der Waals surface area (Å²) in [5.74, 6) is -0.975. The van der Waals surface area contributed by atoms with E-state index in [0.29, 0.717) is 11.1 Å². The molecule has 0 radical (unpaired) electrons. The predicted octanol–water partition coefficient (Wildman–Crippen LogP) is 1.97. The van der Waals surface area contributed by atoms with E-state index < -0.39 is 5.91 Å². The van der Waals surface area contributed by atoms with E-state index in [1.165, 1.54) is 11.6 Å². The van der Waals surface area contributed by atoms with Crippen LogP contribution in [0.3, 0.4) is 0 Å². The molecule has 3 N–H and O–H groups in total. The minimum atomic E-state index is -0.639. The van der Waals surface area contributed by atoms with Crippen LogP contribution < -0.4 is 10.9 Å². The summed E-state index contributed by atoms with van der Waals surface area (Å²) in [5, 5.41) is 12.3. The highest BCUT2D eigenvalue weighted by Gasteiger charge is 2.07. The van der Waals surface area contributed by atoms with Crippen molar-refractivity contribution in [1.82, 2.24) is 10.9 Å². The number of hydrogen-bond donors (Lipinski definition) is 3. The lowest BCUT2D eigenvalue weighted by Gasteiger charge is -2.09. The molecule has 6 heteroatoms. The van der Waals surface area contributed by atoms with Crippen LogP contribution in [-0.2, 0) is 4.79 Å². The molecule has 0 heterocycles. The second-order valence-electron chi connectivity index (χ2n) is 5.50. The van der Waals surface area contributed by atoms with Crippen LogP contribution in [0.2, 0.25) is 0 Å². The predicted molar refractivity (Wildman–Crippen MR) is 80.8 cm³/mol. The summed E-state index contributed by atoms with van der Waals surface area (Å²) in [5.41, 5.74) is 4.90. The Labute approximate surface area is 123 Å². The minimum Gasteiger partial charge on any atom is -0.288 e. The number of hydrogen-bond acceptors (Lipinski definition) is 4. The van der Waals surface area contributed by atoms with E-state index in [9.17, 15) is 9.59 Å². The van der Waals surface area contributed by atoms with Crippen molar-refractivity contribution in [3.05, 3.63) is 41.5 Å². The Morgan fingerprint density at radius 3 is 2.62 bits per heavy atom. The lowest BCUT2D eigenvalue weighted by Crippen LogP contribution is -2.19. The second-order valence-corrected chi connectivity index (χ2v) is 5.50. The zero-order valence-corrected chi connectivity index (χ0v) is 12.3. The van der Waals surface area contributed by atoms with E-state index >= 15 is 0 Å². The highest BCUT2D eigenvalue weighted by Crippen LogP contribution is 2.09. The largest absolute Gasteiger partial charge is 0.288 e. The number of hydrazone groups is 1. The fraction of sp³-hybridized carbons (Fsp3) is 0.267. The monoisotopic (exact) mass is 289 g/mol. The maximum Gasteiger partial charge on any atom is 0.271 e. The number of hydroxylamine groups is 1. The molecule has 2 amide bonds. The van der Waals surface area contributed by atoms with Crippen LogP contribution in [0.25, 0.3) is 6.08 Å². The molecule has 1 rings (SSSR count). The quantitative estimate of drug-likeness (QED) is 0.342. The lowest BCUT2D eigenvalue weighted by molar-refractivity contribution is -0.124. The summed E-state index contributed by atoms with van der Waals surface area (Å²) < 4.78 is 0. The van der Waals surface area contributed by atoms with Crippen LogP contribution in [0, 0.1) is 5.41 Å². The number of nitrogens with zero attached hydrogens (tertiary/aromatic N) is 1. The van der Waals surface area contributed by atoms with Gasteiger partial charge in [-0.3, -0.25) is 14.8 Å². The number of carbonyl (C=O) groups is 2. The maximum absolute atomic E-state index is 11.9. The van der Waals surface area contributed by atoms with E-state index in [-0.39, 0.29) is 11.3 Å². The molecular formula is C15H19N3O3. The molecule has 0 fully saturated rings. The van der Waals surface area contributed by atoms with Gasteiger partial charge in [0, 0.05) is 17.9 Å². The SMILES string of the molecule is CC(C)(C)/C=N/NC(=O)c1cccc(/C=C/C(=O)NO)c1.